The zero-order valence-electron chi connectivity index (χ0n) is 21.2. The van der Waals surface area contributed by atoms with Crippen LogP contribution in [0.4, 0.5) is 18.9 Å². The number of nitrogens with zero attached hydrogens (tertiary/aromatic N) is 1. The number of rotatable bonds is 4. The summed E-state index contributed by atoms with van der Waals surface area (Å²) in [4.78, 5) is 44.6. The van der Waals surface area contributed by atoms with Crippen LogP contribution in [0.25, 0.3) is 0 Å². The van der Waals surface area contributed by atoms with Crippen molar-refractivity contribution in [1.82, 2.24) is 4.98 Å². The first kappa shape index (κ1) is 25.7. The molecule has 7 atom stereocenters. The monoisotopic (exact) mass is 588 g/mol. The van der Waals surface area contributed by atoms with Crippen LogP contribution in [-0.4, -0.2) is 36.3 Å². The molecule has 0 unspecified atom stereocenters. The molecular weight excluding hydrogens is 565 g/mol. The summed E-state index contributed by atoms with van der Waals surface area (Å²) in [5, 5.41) is 0.729. The SMILES string of the molecule is COc1ccc([C@@H]2c3sc(=O)[nH]c3S[C@@H]3[C@H]4C[C@@H]([C@@H]5C(=O)N(c6cccc(C(F)(F)F)c6)C(=O)[C@@H]45)[C@H]23)cc1OC. The van der Waals surface area contributed by atoms with E-state index in [0.29, 0.717) is 17.9 Å². The predicted octanol–water partition coefficient (Wildman–Crippen LogP) is 5.15. The normalized spacial score (nSPS) is 30.3. The number of aromatic nitrogens is 1. The molecule has 2 aliphatic carbocycles. The topological polar surface area (TPSA) is 88.7 Å². The van der Waals surface area contributed by atoms with Gasteiger partial charge in [-0.3, -0.25) is 19.3 Å². The zero-order chi connectivity index (χ0) is 28.1. The van der Waals surface area contributed by atoms with Crippen LogP contribution in [0.15, 0.2) is 52.3 Å². The van der Waals surface area contributed by atoms with E-state index in [1.54, 1.807) is 26.0 Å². The summed E-state index contributed by atoms with van der Waals surface area (Å²) in [6.07, 6.45) is -3.92. The fourth-order valence-corrected chi connectivity index (χ4v) is 10.4. The van der Waals surface area contributed by atoms with Crippen LogP contribution >= 0.6 is 23.1 Å². The van der Waals surface area contributed by atoms with E-state index in [4.69, 9.17) is 9.47 Å². The lowest BCUT2D eigenvalue weighted by Crippen LogP contribution is -2.42. The van der Waals surface area contributed by atoms with Gasteiger partial charge in [0, 0.05) is 16.0 Å². The van der Waals surface area contributed by atoms with Gasteiger partial charge < -0.3 is 14.5 Å². The molecule has 2 saturated carbocycles. The number of H-pyrrole nitrogens is 1. The minimum absolute atomic E-state index is 0.0414. The van der Waals surface area contributed by atoms with Gasteiger partial charge in [0.25, 0.3) is 0 Å². The average molecular weight is 589 g/mol. The van der Waals surface area contributed by atoms with Crippen molar-refractivity contribution in [2.24, 2.45) is 29.6 Å². The van der Waals surface area contributed by atoms with Crippen LogP contribution in [0.3, 0.4) is 0 Å². The Bertz CT molecular complexity index is 1620. The van der Waals surface area contributed by atoms with Crippen molar-refractivity contribution in [3.8, 4) is 11.5 Å². The summed E-state index contributed by atoms with van der Waals surface area (Å²) in [6.45, 7) is 0. The van der Waals surface area contributed by atoms with E-state index >= 15 is 0 Å². The first-order chi connectivity index (χ1) is 19.1. The predicted molar refractivity (Wildman–Crippen MR) is 142 cm³/mol. The Kier molecular flexibility index (Phi) is 5.70. The first-order valence-electron chi connectivity index (χ1n) is 12.8. The maximum atomic E-state index is 13.8. The van der Waals surface area contributed by atoms with Gasteiger partial charge in [0.05, 0.1) is 42.3 Å². The highest BCUT2D eigenvalue weighted by atomic mass is 32.2. The number of hydrogen-bond donors (Lipinski definition) is 1. The Morgan fingerprint density at radius 2 is 1.68 bits per heavy atom. The number of aromatic amines is 1. The molecule has 7 rings (SSSR count). The van der Waals surface area contributed by atoms with Crippen LogP contribution < -0.4 is 19.2 Å². The molecule has 40 heavy (non-hydrogen) atoms. The Balaban J connectivity index is 1.30. The van der Waals surface area contributed by atoms with Gasteiger partial charge in [-0.05, 0) is 60.1 Å². The first-order valence-corrected chi connectivity index (χ1v) is 14.5. The number of thioether (sulfide) groups is 1. The van der Waals surface area contributed by atoms with Gasteiger partial charge in [-0.1, -0.05) is 23.5 Å². The second kappa shape index (κ2) is 8.87. The molecule has 208 valence electrons. The van der Waals surface area contributed by atoms with Gasteiger partial charge in [-0.2, -0.15) is 13.2 Å². The third-order valence-electron chi connectivity index (χ3n) is 8.92. The summed E-state index contributed by atoms with van der Waals surface area (Å²) in [6, 6.07) is 10.0. The average Bonchev–Trinajstić information content (AvgIpc) is 3.66. The Labute approximate surface area is 234 Å². The summed E-state index contributed by atoms with van der Waals surface area (Å²) in [7, 11) is 3.10. The van der Waals surface area contributed by atoms with Crippen LogP contribution in [0.2, 0.25) is 0 Å². The maximum absolute atomic E-state index is 13.8. The fraction of sp³-hybridized carbons (Fsp3) is 0.393. The van der Waals surface area contributed by atoms with Crippen molar-refractivity contribution >= 4 is 40.6 Å². The van der Waals surface area contributed by atoms with Gasteiger partial charge in [-0.25, -0.2) is 0 Å². The highest BCUT2D eigenvalue weighted by Gasteiger charge is 2.69. The molecule has 2 bridgehead atoms. The minimum atomic E-state index is -4.59. The Morgan fingerprint density at radius 1 is 0.950 bits per heavy atom. The van der Waals surface area contributed by atoms with Crippen LogP contribution in [0, 0.1) is 29.6 Å². The molecule has 1 aromatic heterocycles. The van der Waals surface area contributed by atoms with E-state index < -0.39 is 35.4 Å². The highest BCUT2D eigenvalue weighted by Crippen LogP contribution is 2.68. The second-order valence-electron chi connectivity index (χ2n) is 10.6. The van der Waals surface area contributed by atoms with E-state index in [1.165, 1.54) is 12.1 Å². The number of anilines is 1. The molecule has 1 N–H and O–H groups in total. The van der Waals surface area contributed by atoms with Gasteiger partial charge in [0.2, 0.25) is 11.8 Å². The molecule has 3 fully saturated rings. The third kappa shape index (κ3) is 3.54. The summed E-state index contributed by atoms with van der Waals surface area (Å²) in [5.41, 5.74) is -0.0362. The Hall–Kier alpha value is -3.25. The third-order valence-corrected chi connectivity index (χ3v) is 11.5. The van der Waals surface area contributed by atoms with Crippen LogP contribution in [0.5, 0.6) is 11.5 Å². The Morgan fingerprint density at radius 3 is 2.38 bits per heavy atom. The van der Waals surface area contributed by atoms with Gasteiger partial charge >= 0.3 is 11.0 Å². The summed E-state index contributed by atoms with van der Waals surface area (Å²) < 4.78 is 51.2. The molecule has 12 heteroatoms. The van der Waals surface area contributed by atoms with Gasteiger partial charge in [0.15, 0.2) is 11.5 Å². The maximum Gasteiger partial charge on any atom is 0.416 e. The minimum Gasteiger partial charge on any atom is -0.493 e. The lowest BCUT2D eigenvalue weighted by atomic mass is 9.68. The number of alkyl halides is 3. The summed E-state index contributed by atoms with van der Waals surface area (Å²) >= 11 is 2.70. The lowest BCUT2D eigenvalue weighted by molar-refractivity contribution is -0.137. The van der Waals surface area contributed by atoms with E-state index in [9.17, 15) is 27.6 Å². The molecule has 0 radical (unpaired) electrons. The molecule has 0 spiro atoms. The molecule has 3 aromatic rings. The van der Waals surface area contributed by atoms with E-state index in [-0.39, 0.29) is 39.5 Å². The zero-order valence-corrected chi connectivity index (χ0v) is 22.9. The molecule has 2 amide bonds. The number of halogens is 3. The quantitative estimate of drug-likeness (QED) is 0.424. The number of carbonyl (C=O) groups excluding carboxylic acids is 2. The van der Waals surface area contributed by atoms with E-state index in [2.05, 4.69) is 4.98 Å². The van der Waals surface area contributed by atoms with Crippen molar-refractivity contribution in [2.75, 3.05) is 19.1 Å². The molecule has 3 heterocycles. The number of imide groups is 1. The van der Waals surface area contributed by atoms with Gasteiger partial charge in [0.1, 0.15) is 0 Å². The molecule has 2 aliphatic heterocycles. The van der Waals surface area contributed by atoms with Crippen LogP contribution in [0.1, 0.15) is 28.3 Å². The molecule has 7 nitrogen and oxygen atoms in total. The number of carbonyl (C=O) groups is 2. The van der Waals surface area contributed by atoms with E-state index in [0.717, 1.165) is 43.8 Å². The van der Waals surface area contributed by atoms with Crippen molar-refractivity contribution in [1.29, 1.82) is 0 Å². The number of benzene rings is 2. The van der Waals surface area contributed by atoms with Crippen LogP contribution in [-0.2, 0) is 15.8 Å². The lowest BCUT2D eigenvalue weighted by Gasteiger charge is -2.43. The summed E-state index contributed by atoms with van der Waals surface area (Å²) in [5.74, 6) is -1.55. The highest BCUT2D eigenvalue weighted by molar-refractivity contribution is 8.00. The van der Waals surface area contributed by atoms with Crippen molar-refractivity contribution in [3.05, 3.63) is 68.1 Å². The number of fused-ring (bicyclic) bond motifs is 9. The number of hydrogen-bond acceptors (Lipinski definition) is 7. The van der Waals surface area contributed by atoms with E-state index in [1.807, 2.05) is 18.2 Å². The molecule has 4 aliphatic rings. The van der Waals surface area contributed by atoms with Gasteiger partial charge in [-0.15, -0.1) is 11.8 Å². The van der Waals surface area contributed by atoms with Crippen molar-refractivity contribution in [2.45, 2.75) is 28.8 Å². The van der Waals surface area contributed by atoms with Crippen molar-refractivity contribution in [3.63, 3.8) is 0 Å². The molecule has 1 saturated heterocycles. The smallest absolute Gasteiger partial charge is 0.416 e. The standard InChI is InChI=1S/C28H23F3N2O5S2/c1-37-16-7-6-11(8-17(16)38-2)18-19-14-10-15(22(19)39-24-23(18)40-27(36)32-24)21-20(14)25(34)33(26(21)35)13-5-3-4-12(9-13)28(29,30)31/h3-9,14-15,18-22H,10H2,1-2H3,(H,32,36)/t14-,15+,18+,19-,20+,21+,22-/m1/s1. The largest absolute Gasteiger partial charge is 0.493 e. The number of nitrogens with one attached hydrogen (secondary N) is 1. The molecular formula is C28H23F3N2O5S2. The second-order valence-corrected chi connectivity index (χ2v) is 12.8. The number of thiazole rings is 1. The number of methoxy groups -OCH3 is 2. The molecule has 2 aromatic carbocycles. The van der Waals surface area contributed by atoms with Crippen molar-refractivity contribution < 1.29 is 32.2 Å². The fourth-order valence-electron chi connectivity index (χ4n) is 7.51. The number of ether oxygens (including phenoxy) is 2. The number of amides is 2.